The van der Waals surface area contributed by atoms with Gasteiger partial charge in [0.2, 0.25) is 11.8 Å². The van der Waals surface area contributed by atoms with E-state index in [1.807, 2.05) is 5.32 Å². The molecule has 1 aromatic heterocycles. The predicted octanol–water partition coefficient (Wildman–Crippen LogP) is -2.87. The smallest absolute Gasteiger partial charge is 0.328 e. The van der Waals surface area contributed by atoms with Gasteiger partial charge in [-0.1, -0.05) is 5.16 Å². The maximum atomic E-state index is 11.9. The molecule has 0 aliphatic carbocycles. The molecule has 26 heavy (non-hydrogen) atoms. The molecule has 0 saturated carbocycles. The summed E-state index contributed by atoms with van der Waals surface area (Å²) in [6.07, 6.45) is -0.532. The number of nitrogens with one attached hydrogen (secondary N) is 3. The molecule has 1 unspecified atom stereocenters. The van der Waals surface area contributed by atoms with Gasteiger partial charge in [-0.05, 0) is 6.42 Å². The molecule has 2 rings (SSSR count). The first-order valence-corrected chi connectivity index (χ1v) is 7.74. The molecule has 1 fully saturated rings. The van der Waals surface area contributed by atoms with E-state index in [1.54, 1.807) is 0 Å². The summed E-state index contributed by atoms with van der Waals surface area (Å²) < 4.78 is 5.06. The summed E-state index contributed by atoms with van der Waals surface area (Å²) in [5, 5.41) is 38.3. The van der Waals surface area contributed by atoms with Crippen LogP contribution < -0.4 is 21.7 Å². The number of aliphatic hydroxyl groups excluding tert-OH is 2. The molecule has 13 nitrogen and oxygen atoms in total. The third-order valence-corrected chi connectivity index (χ3v) is 3.67. The largest absolute Gasteiger partial charge is 0.480 e. The standard InChI is InChI=1S/C13H20N6O7/c14-9(22)2-7(16-13(25)17-8(4-20)12(23)24)11-18-10(19-26-11)6-1-5(21)3-15-6/h5-8,15,20-21H,1-4H2,(H2,14,22)(H,23,24)(H2,16,17,25)/t5-,6+,7+,8?/m1/s1. The molecule has 0 radical (unpaired) electrons. The number of carbonyl (C=O) groups is 3. The average Bonchev–Trinajstić information content (AvgIpc) is 3.20. The normalized spacial score (nSPS) is 21.8. The zero-order valence-electron chi connectivity index (χ0n) is 13.6. The van der Waals surface area contributed by atoms with Crippen molar-refractivity contribution in [3.63, 3.8) is 0 Å². The molecule has 8 N–H and O–H groups in total. The van der Waals surface area contributed by atoms with Crippen molar-refractivity contribution in [2.45, 2.75) is 37.1 Å². The van der Waals surface area contributed by atoms with Crippen LogP contribution in [-0.4, -0.2) is 68.7 Å². The fraction of sp³-hybridized carbons (Fsp3) is 0.615. The van der Waals surface area contributed by atoms with E-state index in [-0.39, 0.29) is 24.2 Å². The first kappa shape index (κ1) is 19.6. The minimum atomic E-state index is -1.52. The van der Waals surface area contributed by atoms with Gasteiger partial charge >= 0.3 is 12.0 Å². The summed E-state index contributed by atoms with van der Waals surface area (Å²) in [4.78, 5) is 38.1. The minimum Gasteiger partial charge on any atom is -0.480 e. The number of urea groups is 1. The molecule has 1 aliphatic rings. The van der Waals surface area contributed by atoms with Gasteiger partial charge in [0, 0.05) is 6.54 Å². The highest BCUT2D eigenvalue weighted by molar-refractivity contribution is 5.83. The highest BCUT2D eigenvalue weighted by atomic mass is 16.5. The minimum absolute atomic E-state index is 0.104. The van der Waals surface area contributed by atoms with Crippen molar-refractivity contribution in [1.82, 2.24) is 26.1 Å². The van der Waals surface area contributed by atoms with E-state index in [9.17, 15) is 19.5 Å². The van der Waals surface area contributed by atoms with Crippen LogP contribution >= 0.6 is 0 Å². The summed E-state index contributed by atoms with van der Waals surface area (Å²) in [6.45, 7) is -0.443. The van der Waals surface area contributed by atoms with Gasteiger partial charge in [0.25, 0.3) is 0 Å². The quantitative estimate of drug-likeness (QED) is 0.247. The van der Waals surface area contributed by atoms with Crippen LogP contribution in [0.15, 0.2) is 4.52 Å². The summed E-state index contributed by atoms with van der Waals surface area (Å²) >= 11 is 0. The molecule has 0 bridgehead atoms. The Labute approximate surface area is 146 Å². The monoisotopic (exact) mass is 372 g/mol. The molecule has 0 spiro atoms. The van der Waals surface area contributed by atoms with Crippen molar-refractivity contribution in [3.05, 3.63) is 11.7 Å². The molecule has 3 amide bonds. The lowest BCUT2D eigenvalue weighted by atomic mass is 10.2. The number of amides is 3. The fourth-order valence-electron chi connectivity index (χ4n) is 2.39. The maximum Gasteiger partial charge on any atom is 0.328 e. The zero-order chi connectivity index (χ0) is 19.3. The van der Waals surface area contributed by atoms with Gasteiger partial charge in [0.05, 0.1) is 25.2 Å². The van der Waals surface area contributed by atoms with E-state index in [4.69, 9.17) is 20.5 Å². The summed E-state index contributed by atoms with van der Waals surface area (Å²) in [5.41, 5.74) is 5.15. The summed E-state index contributed by atoms with van der Waals surface area (Å²) in [7, 11) is 0. The number of aliphatic carboxylic acids is 1. The molecule has 144 valence electrons. The number of aliphatic hydroxyl groups is 2. The van der Waals surface area contributed by atoms with E-state index in [0.29, 0.717) is 13.0 Å². The predicted molar refractivity (Wildman–Crippen MR) is 82.4 cm³/mol. The van der Waals surface area contributed by atoms with Gasteiger partial charge in [-0.25, -0.2) is 9.59 Å². The van der Waals surface area contributed by atoms with Crippen molar-refractivity contribution in [1.29, 1.82) is 0 Å². The SMILES string of the molecule is NC(=O)C[C@H](NC(=O)NC(CO)C(=O)O)c1nc([C@@H]2C[C@@H](O)CN2)no1. The number of primary amides is 1. The van der Waals surface area contributed by atoms with E-state index in [2.05, 4.69) is 20.8 Å². The zero-order valence-corrected chi connectivity index (χ0v) is 13.6. The molecule has 1 aromatic rings. The lowest BCUT2D eigenvalue weighted by molar-refractivity contribution is -0.140. The van der Waals surface area contributed by atoms with Gasteiger partial charge in [0.1, 0.15) is 6.04 Å². The third-order valence-electron chi connectivity index (χ3n) is 3.67. The van der Waals surface area contributed by atoms with E-state index < -0.39 is 42.7 Å². The van der Waals surface area contributed by atoms with Crippen LogP contribution in [-0.2, 0) is 9.59 Å². The third kappa shape index (κ3) is 5.11. The Balaban J connectivity index is 2.07. The van der Waals surface area contributed by atoms with E-state index >= 15 is 0 Å². The van der Waals surface area contributed by atoms with Crippen molar-refractivity contribution < 1.29 is 34.2 Å². The van der Waals surface area contributed by atoms with Crippen LogP contribution in [0.4, 0.5) is 4.79 Å². The number of carbonyl (C=O) groups excluding carboxylic acids is 2. The van der Waals surface area contributed by atoms with E-state index in [0.717, 1.165) is 0 Å². The first-order valence-electron chi connectivity index (χ1n) is 7.74. The number of aromatic nitrogens is 2. The van der Waals surface area contributed by atoms with Crippen LogP contribution in [0.1, 0.15) is 36.6 Å². The number of hydrogen-bond donors (Lipinski definition) is 7. The van der Waals surface area contributed by atoms with Crippen LogP contribution in [0.25, 0.3) is 0 Å². The van der Waals surface area contributed by atoms with Gasteiger partial charge in [-0.3, -0.25) is 4.79 Å². The Morgan fingerprint density at radius 2 is 2.12 bits per heavy atom. The Morgan fingerprint density at radius 1 is 1.38 bits per heavy atom. The topological polar surface area (TPSA) is 213 Å². The number of rotatable bonds is 8. The second-order valence-corrected chi connectivity index (χ2v) is 5.76. The average molecular weight is 372 g/mol. The van der Waals surface area contributed by atoms with Gasteiger partial charge in [-0.15, -0.1) is 0 Å². The molecule has 2 heterocycles. The molecule has 13 heteroatoms. The highest BCUT2D eigenvalue weighted by Crippen LogP contribution is 2.23. The van der Waals surface area contributed by atoms with Gasteiger partial charge in [-0.2, -0.15) is 4.98 Å². The summed E-state index contributed by atoms with van der Waals surface area (Å²) in [6, 6.07) is -3.91. The number of hydrogen-bond acceptors (Lipinski definition) is 9. The van der Waals surface area contributed by atoms with Crippen LogP contribution in [0.2, 0.25) is 0 Å². The molecular formula is C13H20N6O7. The second-order valence-electron chi connectivity index (χ2n) is 5.76. The van der Waals surface area contributed by atoms with Crippen molar-refractivity contribution >= 4 is 17.9 Å². The highest BCUT2D eigenvalue weighted by Gasteiger charge is 2.30. The Hall–Kier alpha value is -2.77. The van der Waals surface area contributed by atoms with Crippen molar-refractivity contribution in [2.75, 3.05) is 13.2 Å². The molecular weight excluding hydrogens is 352 g/mol. The van der Waals surface area contributed by atoms with Crippen LogP contribution in [0.3, 0.4) is 0 Å². The van der Waals surface area contributed by atoms with Crippen molar-refractivity contribution in [3.8, 4) is 0 Å². The number of carboxylic acids is 1. The van der Waals surface area contributed by atoms with Gasteiger partial charge in [0.15, 0.2) is 11.9 Å². The first-order chi connectivity index (χ1) is 12.3. The number of β-amino-alcohol motifs (C(OH)–C–C–N with tert-alkyl or cyclic N) is 1. The van der Waals surface area contributed by atoms with Crippen LogP contribution in [0.5, 0.6) is 0 Å². The van der Waals surface area contributed by atoms with Crippen molar-refractivity contribution in [2.24, 2.45) is 5.73 Å². The van der Waals surface area contributed by atoms with E-state index in [1.165, 1.54) is 0 Å². The summed E-state index contributed by atoms with van der Waals surface area (Å²) in [5.74, 6) is -2.05. The number of nitrogens with zero attached hydrogens (tertiary/aromatic N) is 2. The lowest BCUT2D eigenvalue weighted by Crippen LogP contribution is -2.49. The molecule has 0 aromatic carbocycles. The number of nitrogens with two attached hydrogens (primary N) is 1. The Bertz CT molecular complexity index is 665. The number of carboxylic acid groups (broad SMARTS) is 1. The Kier molecular flexibility index (Phi) is 6.43. The Morgan fingerprint density at radius 3 is 2.65 bits per heavy atom. The fourth-order valence-corrected chi connectivity index (χ4v) is 2.39. The molecule has 1 saturated heterocycles. The molecule has 1 aliphatic heterocycles. The lowest BCUT2D eigenvalue weighted by Gasteiger charge is -2.16. The van der Waals surface area contributed by atoms with Gasteiger partial charge < -0.3 is 41.5 Å². The molecule has 4 atom stereocenters. The maximum absolute atomic E-state index is 11.9. The van der Waals surface area contributed by atoms with Crippen LogP contribution in [0, 0.1) is 0 Å². The second kappa shape index (κ2) is 8.55.